The molecule has 1 saturated carbocycles. The second-order valence-electron chi connectivity index (χ2n) is 8.88. The van der Waals surface area contributed by atoms with Crippen molar-refractivity contribution in [2.45, 2.75) is 44.2 Å². The first-order chi connectivity index (χ1) is 15.8. The molecule has 33 heavy (non-hydrogen) atoms. The molecule has 1 fully saturated rings. The summed E-state index contributed by atoms with van der Waals surface area (Å²) in [4.78, 5) is 36.6. The van der Waals surface area contributed by atoms with E-state index in [0.717, 1.165) is 22.3 Å². The lowest BCUT2D eigenvalue weighted by Crippen LogP contribution is -2.55. The van der Waals surface area contributed by atoms with Crippen molar-refractivity contribution in [3.63, 3.8) is 0 Å². The van der Waals surface area contributed by atoms with Crippen molar-refractivity contribution in [3.05, 3.63) is 59.7 Å². The Balaban J connectivity index is 1.41. The van der Waals surface area contributed by atoms with Crippen LogP contribution in [-0.4, -0.2) is 53.5 Å². The highest BCUT2D eigenvalue weighted by molar-refractivity contribution is 5.88. The number of ether oxygens (including phenoxy) is 1. The third kappa shape index (κ3) is 4.30. The molecule has 2 aromatic rings. The molecule has 2 aliphatic rings. The Labute approximate surface area is 192 Å². The minimum absolute atomic E-state index is 0.0673. The van der Waals surface area contributed by atoms with E-state index in [-0.39, 0.29) is 12.5 Å². The normalized spacial score (nSPS) is 22.2. The van der Waals surface area contributed by atoms with Gasteiger partial charge in [0, 0.05) is 12.0 Å². The molecule has 0 radical (unpaired) electrons. The number of amides is 2. The molecule has 0 heterocycles. The molecule has 2 aliphatic carbocycles. The van der Waals surface area contributed by atoms with Crippen molar-refractivity contribution in [1.29, 1.82) is 0 Å². The average molecular weight is 453 g/mol. The highest BCUT2D eigenvalue weighted by Gasteiger charge is 2.47. The molecule has 4 N–H and O–H groups in total. The van der Waals surface area contributed by atoms with Gasteiger partial charge in [-0.3, -0.25) is 4.79 Å². The van der Waals surface area contributed by atoms with Gasteiger partial charge >= 0.3 is 12.1 Å². The first kappa shape index (κ1) is 22.8. The molecule has 3 atom stereocenters. The van der Waals surface area contributed by atoms with Crippen molar-refractivity contribution < 1.29 is 29.3 Å². The van der Waals surface area contributed by atoms with Crippen LogP contribution in [0.15, 0.2) is 48.5 Å². The molecule has 8 heteroatoms. The van der Waals surface area contributed by atoms with Crippen LogP contribution in [-0.2, 0) is 14.3 Å². The minimum atomic E-state index is -1.38. The highest BCUT2D eigenvalue weighted by Crippen LogP contribution is 2.44. The van der Waals surface area contributed by atoms with E-state index in [1.807, 2.05) is 36.4 Å². The van der Waals surface area contributed by atoms with Gasteiger partial charge in [0.2, 0.25) is 5.91 Å². The molecule has 0 saturated heterocycles. The van der Waals surface area contributed by atoms with Gasteiger partial charge in [-0.05, 0) is 42.0 Å². The molecule has 4 rings (SSSR count). The number of hydrogen-bond acceptors (Lipinski definition) is 5. The predicted octanol–water partition coefficient (Wildman–Crippen LogP) is 2.65. The summed E-state index contributed by atoms with van der Waals surface area (Å²) in [5.41, 5.74) is 3.51. The van der Waals surface area contributed by atoms with Crippen LogP contribution in [0.5, 0.6) is 0 Å². The third-order valence-corrected chi connectivity index (χ3v) is 6.90. The standard InChI is InChI=1S/C25H28N2O6/c1-25(23(31)26-20(13-28)22(29)30)12-6-11-21(25)27-24(32)33-14-19-17-9-4-2-7-15(17)16-8-3-5-10-18(16)19/h2-5,7-10,19-21,28H,6,11-14H2,1H3,(H,26,31)(H,27,32)(H,29,30). The van der Waals surface area contributed by atoms with Gasteiger partial charge < -0.3 is 25.6 Å². The highest BCUT2D eigenvalue weighted by atomic mass is 16.5. The number of benzene rings is 2. The molecule has 174 valence electrons. The number of alkyl carbamates (subject to hydrolysis) is 1. The Hall–Kier alpha value is -3.39. The second kappa shape index (κ2) is 9.23. The van der Waals surface area contributed by atoms with E-state index in [2.05, 4.69) is 22.8 Å². The van der Waals surface area contributed by atoms with E-state index in [4.69, 9.17) is 9.84 Å². The molecule has 0 spiro atoms. The summed E-state index contributed by atoms with van der Waals surface area (Å²) in [5, 5.41) is 23.5. The molecular formula is C25H28N2O6. The molecule has 0 aromatic heterocycles. The molecule has 3 unspecified atom stereocenters. The van der Waals surface area contributed by atoms with Crippen LogP contribution in [0.1, 0.15) is 43.2 Å². The number of aliphatic hydroxyl groups is 1. The van der Waals surface area contributed by atoms with Crippen LogP contribution in [0.25, 0.3) is 11.1 Å². The van der Waals surface area contributed by atoms with Crippen LogP contribution in [0.2, 0.25) is 0 Å². The molecule has 0 bridgehead atoms. The quantitative estimate of drug-likeness (QED) is 0.512. The lowest BCUT2D eigenvalue weighted by Gasteiger charge is -2.31. The Morgan fingerprint density at radius 1 is 1.09 bits per heavy atom. The topological polar surface area (TPSA) is 125 Å². The van der Waals surface area contributed by atoms with Gasteiger partial charge in [0.15, 0.2) is 0 Å². The van der Waals surface area contributed by atoms with Crippen molar-refractivity contribution >= 4 is 18.0 Å². The summed E-state index contributed by atoms with van der Waals surface area (Å²) in [7, 11) is 0. The summed E-state index contributed by atoms with van der Waals surface area (Å²) in [6.07, 6.45) is 1.16. The van der Waals surface area contributed by atoms with Crippen LogP contribution in [0, 0.1) is 5.41 Å². The zero-order chi connectivity index (χ0) is 23.6. The smallest absolute Gasteiger partial charge is 0.407 e. The van der Waals surface area contributed by atoms with Crippen molar-refractivity contribution in [2.24, 2.45) is 5.41 Å². The largest absolute Gasteiger partial charge is 0.480 e. The van der Waals surface area contributed by atoms with Gasteiger partial charge in [-0.2, -0.15) is 0 Å². The minimum Gasteiger partial charge on any atom is -0.480 e. The van der Waals surface area contributed by atoms with Crippen molar-refractivity contribution in [3.8, 4) is 11.1 Å². The summed E-state index contributed by atoms with van der Waals surface area (Å²) >= 11 is 0. The summed E-state index contributed by atoms with van der Waals surface area (Å²) in [6, 6.07) is 14.2. The number of carboxylic acid groups (broad SMARTS) is 1. The van der Waals surface area contributed by atoms with Gasteiger partial charge in [0.05, 0.1) is 12.0 Å². The SMILES string of the molecule is CC1(C(=O)NC(CO)C(=O)O)CCCC1NC(=O)OCC1c2ccccc2-c2ccccc21. The van der Waals surface area contributed by atoms with Crippen LogP contribution in [0.4, 0.5) is 4.79 Å². The number of fused-ring (bicyclic) bond motifs is 3. The van der Waals surface area contributed by atoms with Gasteiger partial charge in [-0.25, -0.2) is 9.59 Å². The lowest BCUT2D eigenvalue weighted by atomic mass is 9.83. The number of nitrogens with one attached hydrogen (secondary N) is 2. The fourth-order valence-corrected chi connectivity index (χ4v) is 4.96. The van der Waals surface area contributed by atoms with E-state index in [1.54, 1.807) is 6.92 Å². The number of carbonyl (C=O) groups excluding carboxylic acids is 2. The van der Waals surface area contributed by atoms with Gasteiger partial charge in [0.1, 0.15) is 12.6 Å². The molecule has 8 nitrogen and oxygen atoms in total. The Bertz CT molecular complexity index is 1020. The third-order valence-electron chi connectivity index (χ3n) is 6.90. The van der Waals surface area contributed by atoms with Gasteiger partial charge in [-0.1, -0.05) is 55.0 Å². The second-order valence-corrected chi connectivity index (χ2v) is 8.88. The maximum absolute atomic E-state index is 12.8. The predicted molar refractivity (Wildman–Crippen MR) is 121 cm³/mol. The van der Waals surface area contributed by atoms with E-state index < -0.39 is 42.1 Å². The fourth-order valence-electron chi connectivity index (χ4n) is 4.96. The number of hydrogen-bond donors (Lipinski definition) is 4. The zero-order valence-corrected chi connectivity index (χ0v) is 18.4. The first-order valence-electron chi connectivity index (χ1n) is 11.1. The van der Waals surface area contributed by atoms with Crippen LogP contribution < -0.4 is 10.6 Å². The monoisotopic (exact) mass is 452 g/mol. The Kier molecular flexibility index (Phi) is 6.37. The van der Waals surface area contributed by atoms with E-state index in [1.165, 1.54) is 0 Å². The van der Waals surface area contributed by atoms with E-state index >= 15 is 0 Å². The molecule has 2 amide bonds. The van der Waals surface area contributed by atoms with Crippen molar-refractivity contribution in [2.75, 3.05) is 13.2 Å². The number of carbonyl (C=O) groups is 3. The number of rotatable bonds is 7. The van der Waals surface area contributed by atoms with E-state index in [0.29, 0.717) is 19.3 Å². The maximum atomic E-state index is 12.8. The Morgan fingerprint density at radius 3 is 2.27 bits per heavy atom. The fraction of sp³-hybridized carbons (Fsp3) is 0.400. The number of aliphatic carboxylic acids is 1. The first-order valence-corrected chi connectivity index (χ1v) is 11.1. The van der Waals surface area contributed by atoms with Crippen LogP contribution >= 0.6 is 0 Å². The number of aliphatic hydroxyl groups excluding tert-OH is 1. The van der Waals surface area contributed by atoms with Crippen molar-refractivity contribution in [1.82, 2.24) is 10.6 Å². The average Bonchev–Trinajstić information content (AvgIpc) is 3.34. The summed E-state index contributed by atoms with van der Waals surface area (Å²) in [5.74, 6) is -1.89. The van der Waals surface area contributed by atoms with Gasteiger partial charge in [0.25, 0.3) is 0 Å². The maximum Gasteiger partial charge on any atom is 0.407 e. The number of carboxylic acids is 1. The van der Waals surface area contributed by atoms with E-state index in [9.17, 15) is 19.5 Å². The molecule has 0 aliphatic heterocycles. The summed E-state index contributed by atoms with van der Waals surface area (Å²) in [6.45, 7) is 1.16. The molecule has 2 aromatic carbocycles. The lowest BCUT2D eigenvalue weighted by molar-refractivity contribution is -0.145. The van der Waals surface area contributed by atoms with Crippen LogP contribution in [0.3, 0.4) is 0 Å². The molecular weight excluding hydrogens is 424 g/mol. The zero-order valence-electron chi connectivity index (χ0n) is 18.4. The van der Waals surface area contributed by atoms with Gasteiger partial charge in [-0.15, -0.1) is 0 Å². The summed E-state index contributed by atoms with van der Waals surface area (Å²) < 4.78 is 5.60. The Morgan fingerprint density at radius 2 is 1.70 bits per heavy atom.